The third-order valence-electron chi connectivity index (χ3n) is 1.91. The van der Waals surface area contributed by atoms with Gasteiger partial charge in [-0.05, 0) is 5.56 Å². The molecule has 3 nitrogen and oxygen atoms in total. The molecular formula is C9H8ClF2N3. The van der Waals surface area contributed by atoms with Crippen LogP contribution in [-0.4, -0.2) is 4.98 Å². The van der Waals surface area contributed by atoms with Crippen molar-refractivity contribution in [1.82, 2.24) is 4.98 Å². The molecular weight excluding hydrogens is 224 g/mol. The summed E-state index contributed by atoms with van der Waals surface area (Å²) in [5.41, 5.74) is 5.49. The van der Waals surface area contributed by atoms with Crippen LogP contribution >= 0.6 is 11.6 Å². The van der Waals surface area contributed by atoms with Gasteiger partial charge in [0, 0.05) is 18.3 Å². The summed E-state index contributed by atoms with van der Waals surface area (Å²) >= 11 is 5.81. The maximum atomic E-state index is 12.5. The molecule has 2 N–H and O–H groups in total. The lowest BCUT2D eigenvalue weighted by molar-refractivity contribution is 0.149. The number of nitrogens with zero attached hydrogens (tertiary/aromatic N) is 2. The highest BCUT2D eigenvalue weighted by molar-refractivity contribution is 6.32. The van der Waals surface area contributed by atoms with Crippen molar-refractivity contribution >= 4 is 11.6 Å². The van der Waals surface area contributed by atoms with E-state index in [0.717, 1.165) is 6.20 Å². The highest BCUT2D eigenvalue weighted by atomic mass is 35.5. The number of nitrogens with two attached hydrogens (primary N) is 1. The van der Waals surface area contributed by atoms with Crippen molar-refractivity contribution in [3.05, 3.63) is 28.0 Å². The van der Waals surface area contributed by atoms with Gasteiger partial charge in [0.2, 0.25) is 0 Å². The van der Waals surface area contributed by atoms with Crippen LogP contribution < -0.4 is 5.73 Å². The van der Waals surface area contributed by atoms with E-state index >= 15 is 0 Å². The Labute approximate surface area is 90.5 Å². The summed E-state index contributed by atoms with van der Waals surface area (Å²) in [4.78, 5) is 3.71. The minimum atomic E-state index is -2.66. The molecule has 0 atom stereocenters. The third-order valence-corrected chi connectivity index (χ3v) is 2.36. The van der Waals surface area contributed by atoms with E-state index < -0.39 is 6.43 Å². The average molecular weight is 232 g/mol. The fraction of sp³-hybridized carbons (Fsp3) is 0.333. The van der Waals surface area contributed by atoms with E-state index in [1.807, 2.05) is 6.07 Å². The molecule has 0 aliphatic heterocycles. The predicted octanol–water partition coefficient (Wildman–Crippen LogP) is 2.20. The van der Waals surface area contributed by atoms with Gasteiger partial charge >= 0.3 is 0 Å². The normalized spacial score (nSPS) is 10.4. The molecule has 0 bridgehead atoms. The Morgan fingerprint density at radius 3 is 2.73 bits per heavy atom. The summed E-state index contributed by atoms with van der Waals surface area (Å²) in [5, 5.41) is 8.52. The molecule has 1 rings (SSSR count). The van der Waals surface area contributed by atoms with Crippen molar-refractivity contribution in [1.29, 1.82) is 5.26 Å². The molecule has 0 unspecified atom stereocenters. The van der Waals surface area contributed by atoms with Crippen LogP contribution in [0.4, 0.5) is 8.78 Å². The molecule has 0 aromatic carbocycles. The first kappa shape index (κ1) is 11.8. The Bertz CT molecular complexity index is 401. The summed E-state index contributed by atoms with van der Waals surface area (Å²) in [6.07, 6.45) is -1.66. The van der Waals surface area contributed by atoms with Gasteiger partial charge in [0.1, 0.15) is 0 Å². The molecule has 0 spiro atoms. The number of halogens is 3. The van der Waals surface area contributed by atoms with E-state index in [1.54, 1.807) is 0 Å². The molecule has 1 heterocycles. The van der Waals surface area contributed by atoms with Crippen LogP contribution in [0.15, 0.2) is 6.20 Å². The van der Waals surface area contributed by atoms with Crippen molar-refractivity contribution < 1.29 is 8.78 Å². The van der Waals surface area contributed by atoms with Gasteiger partial charge in [-0.3, -0.25) is 4.98 Å². The number of rotatable bonds is 3. The third kappa shape index (κ3) is 2.41. The van der Waals surface area contributed by atoms with Crippen LogP contribution in [-0.2, 0) is 13.0 Å². The smallest absolute Gasteiger partial charge is 0.265 e. The minimum absolute atomic E-state index is 0.0185. The maximum absolute atomic E-state index is 12.5. The zero-order chi connectivity index (χ0) is 11.4. The van der Waals surface area contributed by atoms with Crippen LogP contribution in [0.5, 0.6) is 0 Å². The van der Waals surface area contributed by atoms with E-state index in [1.165, 1.54) is 0 Å². The molecule has 0 aliphatic carbocycles. The Balaban J connectivity index is 3.27. The van der Waals surface area contributed by atoms with Gasteiger partial charge in [0.25, 0.3) is 6.43 Å². The highest BCUT2D eigenvalue weighted by Crippen LogP contribution is 2.29. The van der Waals surface area contributed by atoms with E-state index in [2.05, 4.69) is 4.98 Å². The first-order chi connectivity index (χ1) is 7.11. The van der Waals surface area contributed by atoms with Crippen LogP contribution in [0.25, 0.3) is 0 Å². The van der Waals surface area contributed by atoms with E-state index in [4.69, 9.17) is 22.6 Å². The summed E-state index contributed by atoms with van der Waals surface area (Å²) in [5.74, 6) is 0. The maximum Gasteiger partial charge on any atom is 0.265 e. The molecule has 1 aromatic rings. The first-order valence-corrected chi connectivity index (χ1v) is 4.51. The number of alkyl halides is 2. The first-order valence-electron chi connectivity index (χ1n) is 4.13. The van der Waals surface area contributed by atoms with Crippen LogP contribution in [0.2, 0.25) is 5.02 Å². The topological polar surface area (TPSA) is 62.7 Å². The molecule has 0 radical (unpaired) electrons. The van der Waals surface area contributed by atoms with Crippen molar-refractivity contribution in [2.24, 2.45) is 5.73 Å². The lowest BCUT2D eigenvalue weighted by Gasteiger charge is -2.10. The summed E-state index contributed by atoms with van der Waals surface area (Å²) in [6.45, 7) is -0.0978. The molecule has 0 saturated heterocycles. The summed E-state index contributed by atoms with van der Waals surface area (Å²) < 4.78 is 25.0. The highest BCUT2D eigenvalue weighted by Gasteiger charge is 2.17. The molecule has 15 heavy (non-hydrogen) atoms. The number of hydrogen-bond donors (Lipinski definition) is 1. The second-order valence-corrected chi connectivity index (χ2v) is 3.17. The molecule has 6 heteroatoms. The lowest BCUT2D eigenvalue weighted by atomic mass is 10.1. The van der Waals surface area contributed by atoms with E-state index in [-0.39, 0.29) is 34.8 Å². The molecule has 0 amide bonds. The monoisotopic (exact) mass is 231 g/mol. The Morgan fingerprint density at radius 2 is 2.27 bits per heavy atom. The standard InChI is InChI=1S/C9H8ClF2N3/c10-8-5(3-14)6(9(11)12)4-15-7(8)1-2-13/h4,9H,1,3,14H2. The fourth-order valence-corrected chi connectivity index (χ4v) is 1.48. The van der Waals surface area contributed by atoms with Gasteiger partial charge in [0.05, 0.1) is 23.2 Å². The molecule has 0 aliphatic rings. The Hall–Kier alpha value is -1.25. The zero-order valence-electron chi connectivity index (χ0n) is 7.67. The molecule has 1 aromatic heterocycles. The fourth-order valence-electron chi connectivity index (χ4n) is 1.18. The molecule has 80 valence electrons. The van der Waals surface area contributed by atoms with Crippen molar-refractivity contribution in [3.63, 3.8) is 0 Å². The second-order valence-electron chi connectivity index (χ2n) is 2.79. The van der Waals surface area contributed by atoms with Crippen molar-refractivity contribution in [2.45, 2.75) is 19.4 Å². The quantitative estimate of drug-likeness (QED) is 0.867. The predicted molar refractivity (Wildman–Crippen MR) is 51.4 cm³/mol. The van der Waals surface area contributed by atoms with Gasteiger partial charge in [-0.15, -0.1) is 0 Å². The number of pyridine rings is 1. The van der Waals surface area contributed by atoms with Crippen LogP contribution in [0.3, 0.4) is 0 Å². The number of aromatic nitrogens is 1. The molecule has 0 saturated carbocycles. The van der Waals surface area contributed by atoms with Crippen LogP contribution in [0.1, 0.15) is 23.2 Å². The van der Waals surface area contributed by atoms with Gasteiger partial charge < -0.3 is 5.73 Å². The summed E-state index contributed by atoms with van der Waals surface area (Å²) in [6, 6.07) is 1.85. The minimum Gasteiger partial charge on any atom is -0.326 e. The van der Waals surface area contributed by atoms with Crippen molar-refractivity contribution in [2.75, 3.05) is 0 Å². The Morgan fingerprint density at radius 1 is 1.60 bits per heavy atom. The SMILES string of the molecule is N#CCc1ncc(C(F)F)c(CN)c1Cl. The van der Waals surface area contributed by atoms with Gasteiger partial charge in [-0.2, -0.15) is 5.26 Å². The van der Waals surface area contributed by atoms with E-state index in [0.29, 0.717) is 0 Å². The average Bonchev–Trinajstić information content (AvgIpc) is 2.20. The second kappa shape index (κ2) is 5.01. The molecule has 0 fully saturated rings. The summed E-state index contributed by atoms with van der Waals surface area (Å²) in [7, 11) is 0. The van der Waals surface area contributed by atoms with Gasteiger partial charge in [-0.1, -0.05) is 11.6 Å². The Kier molecular flexibility index (Phi) is 3.95. The zero-order valence-corrected chi connectivity index (χ0v) is 8.43. The number of hydrogen-bond acceptors (Lipinski definition) is 3. The lowest BCUT2D eigenvalue weighted by Crippen LogP contribution is -2.06. The van der Waals surface area contributed by atoms with Gasteiger partial charge in [-0.25, -0.2) is 8.78 Å². The van der Waals surface area contributed by atoms with Crippen molar-refractivity contribution in [3.8, 4) is 6.07 Å². The number of nitriles is 1. The van der Waals surface area contributed by atoms with E-state index in [9.17, 15) is 8.78 Å². The van der Waals surface area contributed by atoms with Gasteiger partial charge in [0.15, 0.2) is 0 Å². The largest absolute Gasteiger partial charge is 0.326 e. The van der Waals surface area contributed by atoms with Crippen LogP contribution in [0, 0.1) is 11.3 Å².